The Morgan fingerprint density at radius 2 is 2.00 bits per heavy atom. The van der Waals surface area contributed by atoms with Crippen LogP contribution in [0.3, 0.4) is 0 Å². The Kier molecular flexibility index (Phi) is 5.49. The van der Waals surface area contributed by atoms with Crippen LogP contribution in [0.2, 0.25) is 5.02 Å². The Labute approximate surface area is 121 Å². The van der Waals surface area contributed by atoms with Gasteiger partial charge in [-0.1, -0.05) is 31.0 Å². The number of hydrogen-bond acceptors (Lipinski definition) is 3. The van der Waals surface area contributed by atoms with Crippen LogP contribution < -0.4 is 10.6 Å². The first-order valence-electron chi connectivity index (χ1n) is 7.19. The second-order valence-corrected chi connectivity index (χ2v) is 5.62. The lowest BCUT2D eigenvalue weighted by Gasteiger charge is -2.40. The Morgan fingerprint density at radius 1 is 1.26 bits per heavy atom. The molecule has 0 saturated carbocycles. The third kappa shape index (κ3) is 3.85. The third-order valence-corrected chi connectivity index (χ3v) is 4.13. The molecule has 106 valence electrons. The number of nitrogens with zero attached hydrogens (tertiary/aromatic N) is 2. The summed E-state index contributed by atoms with van der Waals surface area (Å²) in [6.45, 7) is 7.29. The van der Waals surface area contributed by atoms with Crippen LogP contribution in [-0.2, 0) is 0 Å². The van der Waals surface area contributed by atoms with Crippen molar-refractivity contribution in [1.82, 2.24) is 4.90 Å². The molecule has 2 N–H and O–H groups in total. The van der Waals surface area contributed by atoms with E-state index in [0.717, 1.165) is 37.7 Å². The minimum atomic E-state index is 0.548. The van der Waals surface area contributed by atoms with Gasteiger partial charge in [-0.15, -0.1) is 0 Å². The van der Waals surface area contributed by atoms with Gasteiger partial charge in [0.2, 0.25) is 0 Å². The first-order valence-corrected chi connectivity index (χ1v) is 7.57. The molecule has 1 atom stereocenters. The number of nitrogens with two attached hydrogens (primary N) is 1. The van der Waals surface area contributed by atoms with E-state index in [0.29, 0.717) is 6.04 Å². The normalized spacial score (nSPS) is 18.6. The topological polar surface area (TPSA) is 32.5 Å². The van der Waals surface area contributed by atoms with Crippen molar-refractivity contribution < 1.29 is 0 Å². The average Bonchev–Trinajstić information content (AvgIpc) is 2.45. The van der Waals surface area contributed by atoms with E-state index >= 15 is 0 Å². The number of halogens is 1. The molecule has 1 aliphatic rings. The van der Waals surface area contributed by atoms with Crippen molar-refractivity contribution >= 4 is 17.3 Å². The Morgan fingerprint density at radius 3 is 2.58 bits per heavy atom. The first kappa shape index (κ1) is 14.6. The maximum atomic E-state index is 6.05. The molecule has 3 nitrogen and oxygen atoms in total. The zero-order chi connectivity index (χ0) is 13.7. The standard InChI is InChI=1S/C15H24ClN3/c1-2-4-15(12-17)19-9-7-18(8-10-19)14-6-3-5-13(16)11-14/h3,5-6,11,15H,2,4,7-10,12,17H2,1H3. The lowest BCUT2D eigenvalue weighted by Crippen LogP contribution is -2.52. The quantitative estimate of drug-likeness (QED) is 0.900. The van der Waals surface area contributed by atoms with Crippen LogP contribution in [-0.4, -0.2) is 43.7 Å². The van der Waals surface area contributed by atoms with Crippen LogP contribution >= 0.6 is 11.6 Å². The van der Waals surface area contributed by atoms with Gasteiger partial charge in [-0.05, 0) is 24.6 Å². The molecule has 0 bridgehead atoms. The molecule has 1 aliphatic heterocycles. The lowest BCUT2D eigenvalue weighted by atomic mass is 10.1. The highest BCUT2D eigenvalue weighted by molar-refractivity contribution is 6.30. The van der Waals surface area contributed by atoms with Gasteiger partial charge in [0.1, 0.15) is 0 Å². The molecule has 0 spiro atoms. The van der Waals surface area contributed by atoms with Gasteiger partial charge in [0.15, 0.2) is 0 Å². The molecule has 0 radical (unpaired) electrons. The highest BCUT2D eigenvalue weighted by Crippen LogP contribution is 2.21. The van der Waals surface area contributed by atoms with Crippen LogP contribution in [0.1, 0.15) is 19.8 Å². The van der Waals surface area contributed by atoms with Gasteiger partial charge < -0.3 is 10.6 Å². The summed E-state index contributed by atoms with van der Waals surface area (Å²) in [5.41, 5.74) is 7.11. The maximum absolute atomic E-state index is 6.05. The minimum Gasteiger partial charge on any atom is -0.369 e. The largest absolute Gasteiger partial charge is 0.369 e. The number of piperazine rings is 1. The van der Waals surface area contributed by atoms with Crippen molar-refractivity contribution in [1.29, 1.82) is 0 Å². The van der Waals surface area contributed by atoms with Crippen LogP contribution in [0, 0.1) is 0 Å². The van der Waals surface area contributed by atoms with Crippen LogP contribution in [0.15, 0.2) is 24.3 Å². The molecule has 1 aromatic rings. The van der Waals surface area contributed by atoms with Crippen LogP contribution in [0.4, 0.5) is 5.69 Å². The second kappa shape index (κ2) is 7.13. The van der Waals surface area contributed by atoms with Crippen molar-refractivity contribution in [3.8, 4) is 0 Å². The predicted molar refractivity (Wildman–Crippen MR) is 83.0 cm³/mol. The summed E-state index contributed by atoms with van der Waals surface area (Å²) in [6, 6.07) is 8.67. The molecular weight excluding hydrogens is 258 g/mol. The molecule has 1 heterocycles. The second-order valence-electron chi connectivity index (χ2n) is 5.18. The van der Waals surface area contributed by atoms with Gasteiger partial charge in [-0.3, -0.25) is 4.90 Å². The van der Waals surface area contributed by atoms with Crippen molar-refractivity contribution in [2.24, 2.45) is 5.73 Å². The zero-order valence-electron chi connectivity index (χ0n) is 11.7. The van der Waals surface area contributed by atoms with Gasteiger partial charge in [-0.25, -0.2) is 0 Å². The van der Waals surface area contributed by atoms with Crippen molar-refractivity contribution in [3.63, 3.8) is 0 Å². The fraction of sp³-hybridized carbons (Fsp3) is 0.600. The van der Waals surface area contributed by atoms with Crippen molar-refractivity contribution in [3.05, 3.63) is 29.3 Å². The summed E-state index contributed by atoms with van der Waals surface area (Å²) in [6.07, 6.45) is 2.41. The molecular formula is C15H24ClN3. The number of anilines is 1. The van der Waals surface area contributed by atoms with Gasteiger partial charge in [0.25, 0.3) is 0 Å². The van der Waals surface area contributed by atoms with E-state index in [1.807, 2.05) is 18.2 Å². The molecule has 2 rings (SSSR count). The first-order chi connectivity index (χ1) is 9.24. The summed E-state index contributed by atoms with van der Waals surface area (Å²) in [4.78, 5) is 4.94. The van der Waals surface area contributed by atoms with E-state index in [2.05, 4.69) is 22.8 Å². The van der Waals surface area contributed by atoms with Gasteiger partial charge in [0.05, 0.1) is 0 Å². The highest BCUT2D eigenvalue weighted by Gasteiger charge is 2.22. The Bertz CT molecular complexity index is 389. The number of rotatable bonds is 5. The summed E-state index contributed by atoms with van der Waals surface area (Å²) in [5, 5.41) is 0.811. The summed E-state index contributed by atoms with van der Waals surface area (Å²) >= 11 is 6.05. The fourth-order valence-corrected chi connectivity index (χ4v) is 2.99. The Hall–Kier alpha value is -0.770. The van der Waals surface area contributed by atoms with E-state index in [1.54, 1.807) is 0 Å². The van der Waals surface area contributed by atoms with Crippen molar-refractivity contribution in [2.75, 3.05) is 37.6 Å². The number of hydrogen-bond donors (Lipinski definition) is 1. The average molecular weight is 282 g/mol. The summed E-state index contributed by atoms with van der Waals surface area (Å²) < 4.78 is 0. The van der Waals surface area contributed by atoms with E-state index in [1.165, 1.54) is 18.5 Å². The number of benzene rings is 1. The van der Waals surface area contributed by atoms with Gasteiger partial charge in [-0.2, -0.15) is 0 Å². The fourth-order valence-electron chi connectivity index (χ4n) is 2.80. The highest BCUT2D eigenvalue weighted by atomic mass is 35.5. The predicted octanol–water partition coefficient (Wildman–Crippen LogP) is 2.59. The lowest BCUT2D eigenvalue weighted by molar-refractivity contribution is 0.179. The molecule has 1 aromatic carbocycles. The van der Waals surface area contributed by atoms with Crippen LogP contribution in [0.5, 0.6) is 0 Å². The minimum absolute atomic E-state index is 0.548. The van der Waals surface area contributed by atoms with Gasteiger partial charge >= 0.3 is 0 Å². The van der Waals surface area contributed by atoms with E-state index < -0.39 is 0 Å². The maximum Gasteiger partial charge on any atom is 0.0426 e. The molecule has 0 aliphatic carbocycles. The molecule has 4 heteroatoms. The summed E-state index contributed by atoms with van der Waals surface area (Å²) in [7, 11) is 0. The SMILES string of the molecule is CCCC(CN)N1CCN(c2cccc(Cl)c2)CC1. The van der Waals surface area contributed by atoms with Crippen LogP contribution in [0.25, 0.3) is 0 Å². The smallest absolute Gasteiger partial charge is 0.0426 e. The Balaban J connectivity index is 1.91. The molecule has 1 saturated heterocycles. The zero-order valence-corrected chi connectivity index (χ0v) is 12.4. The van der Waals surface area contributed by atoms with E-state index in [4.69, 9.17) is 17.3 Å². The molecule has 0 aromatic heterocycles. The monoisotopic (exact) mass is 281 g/mol. The molecule has 0 amide bonds. The van der Waals surface area contributed by atoms with Crippen molar-refractivity contribution in [2.45, 2.75) is 25.8 Å². The molecule has 1 unspecified atom stereocenters. The van der Waals surface area contributed by atoms with Gasteiger partial charge in [0, 0.05) is 49.5 Å². The van der Waals surface area contributed by atoms with E-state index in [9.17, 15) is 0 Å². The summed E-state index contributed by atoms with van der Waals surface area (Å²) in [5.74, 6) is 0. The molecule has 19 heavy (non-hydrogen) atoms. The third-order valence-electron chi connectivity index (χ3n) is 3.90. The van der Waals surface area contributed by atoms with E-state index in [-0.39, 0.29) is 0 Å². The molecule has 1 fully saturated rings.